The normalized spacial score (nSPS) is 13.9. The Morgan fingerprint density at radius 2 is 0.948 bits per heavy atom. The number of carbonyl (C=O) groups is 2. The molecule has 0 aliphatic carbocycles. The molecule has 3 N–H and O–H groups in total. The Kier molecular flexibility index (Phi) is 42.1. The monoisotopic (exact) mass is 834 g/mol. The predicted octanol–water partition coefficient (Wildman–Crippen LogP) is 13.4. The van der Waals surface area contributed by atoms with Gasteiger partial charge in [0.05, 0.1) is 13.2 Å². The van der Waals surface area contributed by atoms with Gasteiger partial charge < -0.3 is 20.1 Å². The zero-order chi connectivity index (χ0) is 42.5. The van der Waals surface area contributed by atoms with E-state index >= 15 is 0 Å². The molecule has 2 atom stereocenters. The Morgan fingerprint density at radius 1 is 0.534 bits per heavy atom. The Balaban J connectivity index is 3.89. The summed E-state index contributed by atoms with van der Waals surface area (Å²) in [6.07, 6.45) is 54.1. The number of phosphoric acid groups is 1. The number of hydrogen-bond acceptors (Lipinski definition) is 8. The smallest absolute Gasteiger partial charge is 0.462 e. The van der Waals surface area contributed by atoms with Gasteiger partial charge in [-0.25, -0.2) is 4.57 Å². The molecule has 0 rings (SSSR count). The fraction of sp³-hybridized carbons (Fsp3) is 0.708. The minimum absolute atomic E-state index is 0.0513. The van der Waals surface area contributed by atoms with Crippen LogP contribution in [0.4, 0.5) is 0 Å². The maximum absolute atomic E-state index is 12.5. The second-order valence-electron chi connectivity index (χ2n) is 14.9. The van der Waals surface area contributed by atoms with Gasteiger partial charge in [0.15, 0.2) is 6.10 Å². The van der Waals surface area contributed by atoms with Gasteiger partial charge in [-0.1, -0.05) is 183 Å². The second-order valence-corrected chi connectivity index (χ2v) is 16.3. The summed E-state index contributed by atoms with van der Waals surface area (Å²) in [7, 11) is -4.37. The van der Waals surface area contributed by atoms with Crippen LogP contribution in [0.15, 0.2) is 72.9 Å². The lowest BCUT2D eigenvalue weighted by Crippen LogP contribution is -2.29. The van der Waals surface area contributed by atoms with Crippen LogP contribution in [0.5, 0.6) is 0 Å². The molecule has 2 unspecified atom stereocenters. The highest BCUT2D eigenvalue weighted by Crippen LogP contribution is 2.43. The zero-order valence-corrected chi connectivity index (χ0v) is 37.6. The molecular formula is C48H84NO8P. The van der Waals surface area contributed by atoms with E-state index in [1.165, 1.54) is 64.2 Å². The number of allylic oxidation sites excluding steroid dienone is 12. The van der Waals surface area contributed by atoms with Crippen molar-refractivity contribution in [3.63, 3.8) is 0 Å². The van der Waals surface area contributed by atoms with Crippen LogP contribution >= 0.6 is 7.82 Å². The number of phosphoric ester groups is 1. The molecule has 0 radical (unpaired) electrons. The van der Waals surface area contributed by atoms with Gasteiger partial charge in [-0.3, -0.25) is 18.6 Å². The molecule has 0 saturated carbocycles. The van der Waals surface area contributed by atoms with Crippen LogP contribution in [-0.4, -0.2) is 49.3 Å². The highest BCUT2D eigenvalue weighted by Gasteiger charge is 2.26. The Morgan fingerprint density at radius 3 is 1.41 bits per heavy atom. The largest absolute Gasteiger partial charge is 0.472 e. The van der Waals surface area contributed by atoms with E-state index in [9.17, 15) is 19.0 Å². The maximum Gasteiger partial charge on any atom is 0.472 e. The van der Waals surface area contributed by atoms with Gasteiger partial charge in [-0.15, -0.1) is 0 Å². The zero-order valence-electron chi connectivity index (χ0n) is 36.8. The standard InChI is InChI=1S/C48H84NO8P/c1-3-5-7-9-11-12-13-14-15-16-17-18-19-20-21-22-23-24-25-26-27-28-29-30-31-32-33-34-35-37-39-41-48(51)57-46(45-56-58(52,53)55-43-42-49)44-54-47(50)40-38-36-10-8-6-4-2/h5,7,11-12,14-15,17-18,20-21,23-24,46H,3-4,6,8-10,13,16,19,22,25-45,49H2,1-2H3,(H,52,53)/b7-5-,12-11-,15-14-,18-17-,21-20-,24-23-. The van der Waals surface area contributed by atoms with Gasteiger partial charge in [0.25, 0.3) is 0 Å². The first-order valence-electron chi connectivity index (χ1n) is 22.9. The number of esters is 2. The van der Waals surface area contributed by atoms with Crippen LogP contribution in [0.25, 0.3) is 0 Å². The van der Waals surface area contributed by atoms with E-state index in [0.29, 0.717) is 6.42 Å². The van der Waals surface area contributed by atoms with Crippen molar-refractivity contribution >= 4 is 19.8 Å². The minimum Gasteiger partial charge on any atom is -0.462 e. The van der Waals surface area contributed by atoms with Gasteiger partial charge in [0.1, 0.15) is 6.61 Å². The molecule has 0 aromatic heterocycles. The number of rotatable bonds is 42. The fourth-order valence-corrected chi connectivity index (χ4v) is 6.76. The van der Waals surface area contributed by atoms with Crippen molar-refractivity contribution in [2.75, 3.05) is 26.4 Å². The first kappa shape index (κ1) is 55.5. The van der Waals surface area contributed by atoms with E-state index in [2.05, 4.69) is 86.8 Å². The molecular weight excluding hydrogens is 750 g/mol. The average molecular weight is 834 g/mol. The van der Waals surface area contributed by atoms with Crippen LogP contribution in [0.3, 0.4) is 0 Å². The van der Waals surface area contributed by atoms with Crippen LogP contribution in [0.1, 0.15) is 187 Å². The third-order valence-electron chi connectivity index (χ3n) is 9.36. The molecule has 0 saturated heterocycles. The topological polar surface area (TPSA) is 134 Å². The molecule has 0 aliphatic rings. The fourth-order valence-electron chi connectivity index (χ4n) is 5.99. The number of carbonyl (C=O) groups excluding carboxylic acids is 2. The Hall–Kier alpha value is -2.55. The molecule has 0 aromatic rings. The molecule has 0 aliphatic heterocycles. The summed E-state index contributed by atoms with van der Waals surface area (Å²) in [6, 6.07) is 0. The van der Waals surface area contributed by atoms with Crippen molar-refractivity contribution in [1.29, 1.82) is 0 Å². The third-order valence-corrected chi connectivity index (χ3v) is 10.3. The van der Waals surface area contributed by atoms with E-state index < -0.39 is 32.5 Å². The molecule has 0 heterocycles. The van der Waals surface area contributed by atoms with Crippen molar-refractivity contribution in [2.24, 2.45) is 5.73 Å². The lowest BCUT2D eigenvalue weighted by Gasteiger charge is -2.19. The number of hydrogen-bond donors (Lipinski definition) is 2. The molecule has 0 aromatic carbocycles. The molecule has 0 fully saturated rings. The van der Waals surface area contributed by atoms with Crippen molar-refractivity contribution < 1.29 is 37.6 Å². The van der Waals surface area contributed by atoms with Crippen LogP contribution < -0.4 is 5.73 Å². The van der Waals surface area contributed by atoms with E-state index in [1.54, 1.807) is 0 Å². The Labute approximate surface area is 354 Å². The molecule has 9 nitrogen and oxygen atoms in total. The van der Waals surface area contributed by atoms with Gasteiger partial charge in [-0.2, -0.15) is 0 Å². The van der Waals surface area contributed by atoms with Crippen molar-refractivity contribution in [3.05, 3.63) is 72.9 Å². The Bertz CT molecular complexity index is 1180. The third kappa shape index (κ3) is 43.0. The van der Waals surface area contributed by atoms with E-state index in [1.807, 2.05) is 0 Å². The van der Waals surface area contributed by atoms with Gasteiger partial charge in [-0.05, 0) is 64.2 Å². The first-order valence-corrected chi connectivity index (χ1v) is 24.4. The summed E-state index contributed by atoms with van der Waals surface area (Å²) in [5.41, 5.74) is 5.33. The summed E-state index contributed by atoms with van der Waals surface area (Å²) in [4.78, 5) is 34.6. The lowest BCUT2D eigenvalue weighted by atomic mass is 10.0. The van der Waals surface area contributed by atoms with E-state index in [4.69, 9.17) is 24.3 Å². The predicted molar refractivity (Wildman–Crippen MR) is 242 cm³/mol. The van der Waals surface area contributed by atoms with Crippen LogP contribution in [0, 0.1) is 0 Å². The molecule has 0 spiro atoms. The van der Waals surface area contributed by atoms with Crippen molar-refractivity contribution in [1.82, 2.24) is 0 Å². The minimum atomic E-state index is -4.37. The van der Waals surface area contributed by atoms with Crippen molar-refractivity contribution in [3.8, 4) is 0 Å². The lowest BCUT2D eigenvalue weighted by molar-refractivity contribution is -0.161. The maximum atomic E-state index is 12.5. The van der Waals surface area contributed by atoms with E-state index in [-0.39, 0.29) is 32.6 Å². The molecule has 0 bridgehead atoms. The highest BCUT2D eigenvalue weighted by molar-refractivity contribution is 7.47. The van der Waals surface area contributed by atoms with Gasteiger partial charge in [0, 0.05) is 19.4 Å². The summed E-state index contributed by atoms with van der Waals surface area (Å²) in [5, 5.41) is 0. The molecule has 0 amide bonds. The molecule has 334 valence electrons. The SMILES string of the molecule is CC/C=C\C/C=C\C/C=C\C/C=C\C/C=C\C/C=C\CCCCCCCCCCCCCCC(=O)OC(COC(=O)CCCCCCCC)COP(=O)(O)OCCN. The molecule has 10 heteroatoms. The summed E-state index contributed by atoms with van der Waals surface area (Å²) in [6.45, 7) is 3.53. The second kappa shape index (κ2) is 44.0. The highest BCUT2D eigenvalue weighted by atomic mass is 31.2. The molecule has 58 heavy (non-hydrogen) atoms. The summed E-state index contributed by atoms with van der Waals surface area (Å²) in [5.74, 6) is -0.843. The van der Waals surface area contributed by atoms with E-state index in [0.717, 1.165) is 89.9 Å². The average Bonchev–Trinajstić information content (AvgIpc) is 3.21. The quantitative estimate of drug-likeness (QED) is 0.0267. The van der Waals surface area contributed by atoms with Gasteiger partial charge in [0.2, 0.25) is 0 Å². The van der Waals surface area contributed by atoms with Crippen LogP contribution in [-0.2, 0) is 32.7 Å². The van der Waals surface area contributed by atoms with Crippen LogP contribution in [0.2, 0.25) is 0 Å². The number of nitrogens with two attached hydrogens (primary N) is 1. The number of ether oxygens (including phenoxy) is 2. The van der Waals surface area contributed by atoms with Gasteiger partial charge >= 0.3 is 19.8 Å². The summed E-state index contributed by atoms with van der Waals surface area (Å²) >= 11 is 0. The first-order chi connectivity index (χ1) is 28.3. The summed E-state index contributed by atoms with van der Waals surface area (Å²) < 4.78 is 32.6. The van der Waals surface area contributed by atoms with Crippen molar-refractivity contribution in [2.45, 2.75) is 193 Å². The number of unbranched alkanes of at least 4 members (excludes halogenated alkanes) is 17.